The Labute approximate surface area is 220 Å². The Hall–Kier alpha value is -3.47. The summed E-state index contributed by atoms with van der Waals surface area (Å²) < 4.78 is 41.5. The van der Waals surface area contributed by atoms with E-state index in [0.29, 0.717) is 35.0 Å². The van der Waals surface area contributed by atoms with Gasteiger partial charge >= 0.3 is 0 Å². The number of aryl methyl sites for hydroxylation is 1. The van der Waals surface area contributed by atoms with Gasteiger partial charge in [0.2, 0.25) is 10.0 Å². The average Bonchev–Trinajstić information content (AvgIpc) is 3.26. The second-order valence-electron chi connectivity index (χ2n) is 8.16. The maximum atomic E-state index is 13.2. The van der Waals surface area contributed by atoms with Crippen LogP contribution in [0.15, 0.2) is 76.6 Å². The molecule has 0 radical (unpaired) electrons. The van der Waals surface area contributed by atoms with Gasteiger partial charge in [0.15, 0.2) is 16.3 Å². The number of thiazole rings is 1. The fourth-order valence-electron chi connectivity index (χ4n) is 4.01. The number of rotatable bonds is 9. The van der Waals surface area contributed by atoms with E-state index in [1.54, 1.807) is 21.1 Å². The lowest BCUT2D eigenvalue weighted by Crippen LogP contribution is -2.30. The molecule has 0 unspecified atom stereocenters. The summed E-state index contributed by atoms with van der Waals surface area (Å²) in [6, 6.07) is 19.1. The Morgan fingerprint density at radius 2 is 1.62 bits per heavy atom. The summed E-state index contributed by atoms with van der Waals surface area (Å²) in [7, 11) is -0.576. The number of hydrogen-bond acceptors (Lipinski definition) is 6. The van der Waals surface area contributed by atoms with Crippen LogP contribution >= 0.6 is 11.3 Å². The third-order valence-corrected chi connectivity index (χ3v) is 8.97. The number of carbonyl (C=O) groups excluding carboxylic acids is 1. The van der Waals surface area contributed by atoms with Crippen LogP contribution in [0.1, 0.15) is 29.8 Å². The smallest absolute Gasteiger partial charge is 0.279 e. The number of methoxy groups -OCH3 is 2. The highest BCUT2D eigenvalue weighted by molar-refractivity contribution is 7.89. The van der Waals surface area contributed by atoms with Crippen LogP contribution in [0.3, 0.4) is 0 Å². The summed E-state index contributed by atoms with van der Waals surface area (Å²) >= 11 is 1.37. The lowest BCUT2D eigenvalue weighted by Gasteiger charge is -2.20. The fraction of sp³-hybridized carbons (Fsp3) is 0.259. The zero-order chi connectivity index (χ0) is 26.6. The second kappa shape index (κ2) is 11.3. The third kappa shape index (κ3) is 5.46. The zero-order valence-electron chi connectivity index (χ0n) is 21.2. The van der Waals surface area contributed by atoms with Gasteiger partial charge < -0.3 is 14.0 Å². The maximum absolute atomic E-state index is 13.2. The SMILES string of the molecule is CCN(Cc1ccccc1)S(=O)(=O)c1ccc(C(=O)N=c2sc3cc(OC)c(OC)cc3n2CC)cc1. The van der Waals surface area contributed by atoms with Gasteiger partial charge in [0.05, 0.1) is 29.3 Å². The van der Waals surface area contributed by atoms with Crippen LogP contribution in [-0.2, 0) is 23.1 Å². The molecule has 10 heteroatoms. The summed E-state index contributed by atoms with van der Waals surface area (Å²) in [5.74, 6) is 0.744. The number of ether oxygens (including phenoxy) is 2. The van der Waals surface area contributed by atoms with Crippen LogP contribution < -0.4 is 14.3 Å². The number of aromatic nitrogens is 1. The minimum absolute atomic E-state index is 0.131. The number of sulfonamides is 1. The predicted octanol–water partition coefficient (Wildman–Crippen LogP) is 4.69. The van der Waals surface area contributed by atoms with E-state index in [9.17, 15) is 13.2 Å². The minimum Gasteiger partial charge on any atom is -0.493 e. The molecule has 1 amide bonds. The Kier molecular flexibility index (Phi) is 8.11. The van der Waals surface area contributed by atoms with Gasteiger partial charge in [-0.2, -0.15) is 9.30 Å². The van der Waals surface area contributed by atoms with E-state index in [1.807, 2.05) is 54.0 Å². The topological polar surface area (TPSA) is 90.2 Å². The van der Waals surface area contributed by atoms with Crippen LogP contribution in [-0.4, -0.2) is 44.0 Å². The van der Waals surface area contributed by atoms with Gasteiger partial charge in [-0.25, -0.2) is 8.42 Å². The molecular formula is C27H29N3O5S2. The molecule has 4 aromatic rings. The number of benzene rings is 3. The summed E-state index contributed by atoms with van der Waals surface area (Å²) in [5, 5.41) is 0. The van der Waals surface area contributed by atoms with Crippen molar-refractivity contribution in [3.8, 4) is 11.5 Å². The monoisotopic (exact) mass is 539 g/mol. The molecule has 3 aromatic carbocycles. The zero-order valence-corrected chi connectivity index (χ0v) is 22.8. The summed E-state index contributed by atoms with van der Waals surface area (Å²) in [6.45, 7) is 4.98. The van der Waals surface area contributed by atoms with Crippen molar-refractivity contribution in [2.45, 2.75) is 31.8 Å². The molecule has 1 aromatic heterocycles. The van der Waals surface area contributed by atoms with Crippen molar-refractivity contribution in [2.75, 3.05) is 20.8 Å². The molecule has 0 atom stereocenters. The average molecular weight is 540 g/mol. The maximum Gasteiger partial charge on any atom is 0.279 e. The van der Waals surface area contributed by atoms with Crippen LogP contribution in [0.4, 0.5) is 0 Å². The molecule has 1 heterocycles. The third-order valence-electron chi connectivity index (χ3n) is 5.99. The van der Waals surface area contributed by atoms with E-state index in [-0.39, 0.29) is 11.4 Å². The highest BCUT2D eigenvalue weighted by atomic mass is 32.2. The normalized spacial score (nSPS) is 12.3. The van der Waals surface area contributed by atoms with Crippen molar-refractivity contribution in [3.63, 3.8) is 0 Å². The Balaban J connectivity index is 1.63. The lowest BCUT2D eigenvalue weighted by molar-refractivity contribution is 0.0997. The summed E-state index contributed by atoms with van der Waals surface area (Å²) in [5.41, 5.74) is 2.10. The quantitative estimate of drug-likeness (QED) is 0.308. The molecule has 0 saturated heterocycles. The minimum atomic E-state index is -3.73. The van der Waals surface area contributed by atoms with Crippen LogP contribution in [0.5, 0.6) is 11.5 Å². The molecule has 0 aliphatic heterocycles. The van der Waals surface area contributed by atoms with Gasteiger partial charge in [-0.3, -0.25) is 4.79 Å². The van der Waals surface area contributed by atoms with E-state index in [2.05, 4.69) is 4.99 Å². The molecule has 0 N–H and O–H groups in total. The molecule has 0 aliphatic rings. The van der Waals surface area contributed by atoms with E-state index in [0.717, 1.165) is 15.8 Å². The van der Waals surface area contributed by atoms with Gasteiger partial charge in [-0.15, -0.1) is 0 Å². The van der Waals surface area contributed by atoms with E-state index >= 15 is 0 Å². The number of hydrogen-bond donors (Lipinski definition) is 0. The standard InChI is InChI=1S/C27H29N3O5S2/c1-5-29(18-19-10-8-7-9-11-19)37(32,33)21-14-12-20(13-15-21)26(31)28-27-30(6-2)22-16-23(34-3)24(35-4)17-25(22)36-27/h7-17H,5-6,18H2,1-4H3. The van der Waals surface area contributed by atoms with E-state index in [4.69, 9.17) is 9.47 Å². The van der Waals surface area contributed by atoms with Crippen LogP contribution in [0, 0.1) is 0 Å². The molecule has 0 fully saturated rings. The molecule has 0 bridgehead atoms. The Morgan fingerprint density at radius 1 is 0.973 bits per heavy atom. The van der Waals surface area contributed by atoms with Gasteiger partial charge in [-0.1, -0.05) is 48.6 Å². The van der Waals surface area contributed by atoms with E-state index in [1.165, 1.54) is 39.9 Å². The molecule has 8 nitrogen and oxygen atoms in total. The summed E-state index contributed by atoms with van der Waals surface area (Å²) in [4.78, 5) is 18.0. The van der Waals surface area contributed by atoms with Gasteiger partial charge in [0.1, 0.15) is 0 Å². The van der Waals surface area contributed by atoms with Crippen molar-refractivity contribution in [2.24, 2.45) is 4.99 Å². The van der Waals surface area contributed by atoms with Gasteiger partial charge in [-0.05, 0) is 36.8 Å². The molecule has 4 rings (SSSR count). The van der Waals surface area contributed by atoms with Crippen LogP contribution in [0.2, 0.25) is 0 Å². The summed E-state index contributed by atoms with van der Waals surface area (Å²) in [6.07, 6.45) is 0. The van der Waals surface area contributed by atoms with Crippen molar-refractivity contribution >= 4 is 37.5 Å². The highest BCUT2D eigenvalue weighted by Crippen LogP contribution is 2.33. The molecular weight excluding hydrogens is 510 g/mol. The first kappa shape index (κ1) is 26.6. The molecule has 0 aliphatic carbocycles. The van der Waals surface area contributed by atoms with Crippen molar-refractivity contribution in [1.29, 1.82) is 0 Å². The first-order valence-corrected chi connectivity index (χ1v) is 14.1. The number of nitrogens with zero attached hydrogens (tertiary/aromatic N) is 3. The Bertz CT molecular complexity index is 1570. The van der Waals surface area contributed by atoms with E-state index < -0.39 is 15.9 Å². The van der Waals surface area contributed by atoms with Crippen LogP contribution in [0.25, 0.3) is 10.2 Å². The number of amides is 1. The van der Waals surface area contributed by atoms with Crippen molar-refractivity contribution in [1.82, 2.24) is 8.87 Å². The van der Waals surface area contributed by atoms with Gasteiger partial charge in [0.25, 0.3) is 5.91 Å². The predicted molar refractivity (Wildman–Crippen MR) is 145 cm³/mol. The first-order valence-electron chi connectivity index (χ1n) is 11.8. The van der Waals surface area contributed by atoms with Crippen molar-refractivity contribution < 1.29 is 22.7 Å². The second-order valence-corrected chi connectivity index (χ2v) is 11.1. The van der Waals surface area contributed by atoms with Gasteiger partial charge in [0, 0.05) is 37.3 Å². The number of fused-ring (bicyclic) bond motifs is 1. The molecule has 0 saturated carbocycles. The number of carbonyl (C=O) groups is 1. The molecule has 0 spiro atoms. The van der Waals surface area contributed by atoms with Crippen molar-refractivity contribution in [3.05, 3.63) is 82.7 Å². The largest absolute Gasteiger partial charge is 0.493 e. The first-order chi connectivity index (χ1) is 17.8. The molecule has 37 heavy (non-hydrogen) atoms. The highest BCUT2D eigenvalue weighted by Gasteiger charge is 2.23. The molecule has 194 valence electrons. The lowest BCUT2D eigenvalue weighted by atomic mass is 10.2. The fourth-order valence-corrected chi connectivity index (χ4v) is 6.55. The Morgan fingerprint density at radius 3 is 2.22 bits per heavy atom.